The smallest absolute Gasteiger partial charge is 0.157 e. The number of aromatic hydroxyl groups is 4. The van der Waals surface area contributed by atoms with Gasteiger partial charge in [-0.05, 0) is 61.3 Å². The van der Waals surface area contributed by atoms with Crippen LogP contribution >= 0.6 is 0 Å². The largest absolute Gasteiger partial charge is 0.504 e. The van der Waals surface area contributed by atoms with E-state index >= 15 is 0 Å². The Morgan fingerprint density at radius 1 is 0.594 bits per heavy atom. The van der Waals surface area contributed by atoms with Crippen LogP contribution in [-0.4, -0.2) is 56.8 Å². The number of benzene rings is 2. The zero-order valence-electron chi connectivity index (χ0n) is 19.0. The molecule has 0 spiro atoms. The highest BCUT2D eigenvalue weighted by molar-refractivity contribution is 5.42. The molecule has 8 nitrogen and oxygen atoms in total. The number of phenolic OH excluding ortho intramolecular Hbond substituents is 4. The van der Waals surface area contributed by atoms with Gasteiger partial charge in [-0.1, -0.05) is 38.8 Å². The highest BCUT2D eigenvalue weighted by Crippen LogP contribution is 2.28. The predicted octanol–water partition coefficient (Wildman–Crippen LogP) is 3.04. The molecule has 0 aliphatic rings. The summed E-state index contributed by atoms with van der Waals surface area (Å²) < 4.78 is 0. The number of rotatable bonds is 13. The number of phenols is 4. The number of unbranched alkanes of at least 4 members (excludes halogenated alkanes) is 3. The first-order chi connectivity index (χ1) is 15.4. The topological polar surface area (TPSA) is 145 Å². The first-order valence-corrected chi connectivity index (χ1v) is 11.2. The fourth-order valence-electron chi connectivity index (χ4n) is 3.06. The second kappa shape index (κ2) is 15.3. The fourth-order valence-corrected chi connectivity index (χ4v) is 3.06. The van der Waals surface area contributed by atoms with Crippen LogP contribution in [-0.2, 0) is 0 Å². The van der Waals surface area contributed by atoms with Gasteiger partial charge in [0.2, 0.25) is 0 Å². The maximum Gasteiger partial charge on any atom is 0.157 e. The standard InChI is InChI=1S/C22H32N2O6.C2H6/c25-17-7-5-15(11-19(17)27)21(29)13-23-9-3-1-2-4-10-24-14-22(30)16-6-8-18(26)20(28)12-16;1-2/h5-8,11-12,21-30H,1-4,9-10,13-14H2;1-2H3. The number of aliphatic hydroxyl groups excluding tert-OH is 2. The molecule has 0 bridgehead atoms. The van der Waals surface area contributed by atoms with Gasteiger partial charge in [0.15, 0.2) is 23.0 Å². The zero-order valence-corrected chi connectivity index (χ0v) is 19.0. The van der Waals surface area contributed by atoms with Crippen LogP contribution in [0.4, 0.5) is 0 Å². The Kier molecular flexibility index (Phi) is 13.2. The van der Waals surface area contributed by atoms with Crippen molar-refractivity contribution in [3.8, 4) is 23.0 Å². The van der Waals surface area contributed by atoms with E-state index in [4.69, 9.17) is 0 Å². The minimum atomic E-state index is -0.748. The van der Waals surface area contributed by atoms with Gasteiger partial charge in [0.1, 0.15) is 0 Å². The van der Waals surface area contributed by atoms with Crippen molar-refractivity contribution in [2.45, 2.75) is 51.7 Å². The van der Waals surface area contributed by atoms with E-state index in [1.54, 1.807) is 12.1 Å². The molecule has 32 heavy (non-hydrogen) atoms. The zero-order chi connectivity index (χ0) is 23.9. The van der Waals surface area contributed by atoms with E-state index in [0.717, 1.165) is 38.8 Å². The summed E-state index contributed by atoms with van der Waals surface area (Å²) in [5.74, 6) is -0.895. The van der Waals surface area contributed by atoms with Crippen LogP contribution in [0.25, 0.3) is 0 Å². The second-order valence-corrected chi connectivity index (χ2v) is 7.35. The van der Waals surface area contributed by atoms with Crippen LogP contribution < -0.4 is 10.6 Å². The Labute approximate surface area is 190 Å². The summed E-state index contributed by atoms with van der Waals surface area (Å²) in [4.78, 5) is 0. The quantitative estimate of drug-likeness (QED) is 0.172. The van der Waals surface area contributed by atoms with Crippen molar-refractivity contribution in [2.24, 2.45) is 0 Å². The lowest BCUT2D eigenvalue weighted by Gasteiger charge is -2.13. The molecule has 180 valence electrons. The van der Waals surface area contributed by atoms with E-state index in [1.807, 2.05) is 13.8 Å². The van der Waals surface area contributed by atoms with E-state index < -0.39 is 12.2 Å². The SMILES string of the molecule is CC.Oc1ccc(C(O)CNCCCCCCNCC(O)c2ccc(O)c(O)c2)cc1O. The van der Waals surface area contributed by atoms with Crippen molar-refractivity contribution in [3.63, 3.8) is 0 Å². The average Bonchev–Trinajstić information content (AvgIpc) is 2.79. The summed E-state index contributed by atoms with van der Waals surface area (Å²) in [7, 11) is 0. The van der Waals surface area contributed by atoms with Crippen molar-refractivity contribution < 1.29 is 30.6 Å². The highest BCUT2D eigenvalue weighted by Gasteiger charge is 2.10. The Hall–Kier alpha value is -2.52. The Balaban J connectivity index is 0.00000249. The lowest BCUT2D eigenvalue weighted by atomic mass is 10.1. The van der Waals surface area contributed by atoms with Gasteiger partial charge in [0.05, 0.1) is 12.2 Å². The summed E-state index contributed by atoms with van der Waals surface area (Å²) in [5, 5.41) is 64.0. The van der Waals surface area contributed by atoms with Crippen molar-refractivity contribution in [3.05, 3.63) is 47.5 Å². The van der Waals surface area contributed by atoms with Gasteiger partial charge in [-0.3, -0.25) is 0 Å². The fraction of sp³-hybridized carbons (Fsp3) is 0.500. The molecule has 0 aromatic heterocycles. The minimum absolute atomic E-state index is 0.206. The van der Waals surface area contributed by atoms with E-state index in [0.29, 0.717) is 24.2 Å². The van der Waals surface area contributed by atoms with E-state index in [2.05, 4.69) is 10.6 Å². The molecule has 2 unspecified atom stereocenters. The van der Waals surface area contributed by atoms with Gasteiger partial charge in [0.25, 0.3) is 0 Å². The first kappa shape index (κ1) is 27.5. The lowest BCUT2D eigenvalue weighted by molar-refractivity contribution is 0.173. The molecule has 2 atom stereocenters. The molecule has 2 aromatic rings. The summed E-state index contributed by atoms with van der Waals surface area (Å²) in [6, 6.07) is 8.59. The van der Waals surface area contributed by atoms with Gasteiger partial charge in [0, 0.05) is 13.1 Å². The highest BCUT2D eigenvalue weighted by atomic mass is 16.3. The number of hydrogen-bond donors (Lipinski definition) is 8. The number of hydrogen-bond acceptors (Lipinski definition) is 8. The molecule has 0 aliphatic carbocycles. The second-order valence-electron chi connectivity index (χ2n) is 7.35. The van der Waals surface area contributed by atoms with Crippen LogP contribution in [0.1, 0.15) is 62.9 Å². The van der Waals surface area contributed by atoms with Crippen molar-refractivity contribution in [1.82, 2.24) is 10.6 Å². The summed E-state index contributed by atoms with van der Waals surface area (Å²) in [5.41, 5.74) is 1.10. The van der Waals surface area contributed by atoms with Crippen LogP contribution in [0.15, 0.2) is 36.4 Å². The molecule has 0 aliphatic heterocycles. The molecule has 0 fully saturated rings. The molecule has 8 heteroatoms. The van der Waals surface area contributed by atoms with Gasteiger partial charge >= 0.3 is 0 Å². The lowest BCUT2D eigenvalue weighted by Crippen LogP contribution is -2.23. The first-order valence-electron chi connectivity index (χ1n) is 11.2. The van der Waals surface area contributed by atoms with Crippen molar-refractivity contribution in [2.75, 3.05) is 26.2 Å². The van der Waals surface area contributed by atoms with Crippen molar-refractivity contribution in [1.29, 1.82) is 0 Å². The molecule has 2 aromatic carbocycles. The van der Waals surface area contributed by atoms with Gasteiger partial charge < -0.3 is 41.3 Å². The van der Waals surface area contributed by atoms with Gasteiger partial charge in [-0.2, -0.15) is 0 Å². The molecule has 0 saturated heterocycles. The molecule has 0 heterocycles. The normalized spacial score (nSPS) is 12.6. The Morgan fingerprint density at radius 2 is 0.969 bits per heavy atom. The summed E-state index contributed by atoms with van der Waals surface area (Å²) in [6.45, 7) is 6.29. The van der Waals surface area contributed by atoms with Crippen molar-refractivity contribution >= 4 is 0 Å². The molecule has 2 rings (SSSR count). The van der Waals surface area contributed by atoms with Gasteiger partial charge in [-0.15, -0.1) is 0 Å². The maximum absolute atomic E-state index is 10.1. The number of aliphatic hydroxyl groups is 2. The molecule has 0 amide bonds. The van der Waals surface area contributed by atoms with Crippen LogP contribution in [0, 0.1) is 0 Å². The minimum Gasteiger partial charge on any atom is -0.504 e. The monoisotopic (exact) mass is 450 g/mol. The molecular weight excluding hydrogens is 412 g/mol. The van der Waals surface area contributed by atoms with Gasteiger partial charge in [-0.25, -0.2) is 0 Å². The van der Waals surface area contributed by atoms with Crippen LogP contribution in [0.5, 0.6) is 23.0 Å². The third-order valence-electron chi connectivity index (χ3n) is 4.90. The molecule has 0 saturated carbocycles. The number of nitrogens with one attached hydrogen (secondary N) is 2. The molecule has 0 radical (unpaired) electrons. The van der Waals surface area contributed by atoms with E-state index in [-0.39, 0.29) is 23.0 Å². The van der Waals surface area contributed by atoms with Crippen LogP contribution in [0.2, 0.25) is 0 Å². The third-order valence-corrected chi connectivity index (χ3v) is 4.90. The molecular formula is C24H38N2O6. The summed E-state index contributed by atoms with van der Waals surface area (Å²) >= 11 is 0. The Bertz CT molecular complexity index is 722. The van der Waals surface area contributed by atoms with E-state index in [1.165, 1.54) is 24.3 Å². The third kappa shape index (κ3) is 9.74. The van der Waals surface area contributed by atoms with E-state index in [9.17, 15) is 30.6 Å². The maximum atomic E-state index is 10.1. The summed E-state index contributed by atoms with van der Waals surface area (Å²) in [6.07, 6.45) is 2.54. The predicted molar refractivity (Wildman–Crippen MR) is 125 cm³/mol. The molecule has 8 N–H and O–H groups in total. The average molecular weight is 451 g/mol. The van der Waals surface area contributed by atoms with Crippen LogP contribution in [0.3, 0.4) is 0 Å². The Morgan fingerprint density at radius 3 is 1.31 bits per heavy atom.